The number of benzene rings is 3. The summed E-state index contributed by atoms with van der Waals surface area (Å²) in [5.74, 6) is 1.20. The van der Waals surface area contributed by atoms with Crippen molar-refractivity contribution in [2.45, 2.75) is 70.8 Å². The molecule has 1 aromatic heterocycles. The Morgan fingerprint density at radius 1 is 1.02 bits per heavy atom. The molecule has 1 saturated carbocycles. The number of carbonyl (C=O) groups excluding carboxylic acids is 1. The van der Waals surface area contributed by atoms with Crippen molar-refractivity contribution in [3.63, 3.8) is 0 Å². The van der Waals surface area contributed by atoms with Gasteiger partial charge in [0.1, 0.15) is 5.75 Å². The van der Waals surface area contributed by atoms with Crippen molar-refractivity contribution in [3.05, 3.63) is 83.4 Å². The van der Waals surface area contributed by atoms with Crippen molar-refractivity contribution in [3.8, 4) is 17.0 Å². The number of para-hydroxylation sites is 1. The van der Waals surface area contributed by atoms with E-state index >= 15 is 0 Å². The Labute approximate surface area is 243 Å². The van der Waals surface area contributed by atoms with Crippen LogP contribution in [0.5, 0.6) is 5.75 Å². The topological polar surface area (TPSA) is 52.5 Å². The molecule has 0 amide bonds. The Morgan fingerprint density at radius 2 is 1.78 bits per heavy atom. The van der Waals surface area contributed by atoms with Crippen molar-refractivity contribution in [2.75, 3.05) is 26.1 Å². The first-order valence-electron chi connectivity index (χ1n) is 14.9. The number of methoxy groups -OCH3 is 2. The fraction of sp³-hybridized carbons (Fsp3) is 0.417. The van der Waals surface area contributed by atoms with E-state index in [9.17, 15) is 4.79 Å². The van der Waals surface area contributed by atoms with Crippen LogP contribution in [-0.2, 0) is 21.5 Å². The number of rotatable bonds is 7. The summed E-state index contributed by atoms with van der Waals surface area (Å²) < 4.78 is 13.4. The summed E-state index contributed by atoms with van der Waals surface area (Å²) in [5.41, 5.74) is 8.11. The molecule has 0 aliphatic heterocycles. The number of hydrogen-bond donors (Lipinski definition) is 1. The monoisotopic (exact) mass is 550 g/mol. The van der Waals surface area contributed by atoms with E-state index in [2.05, 4.69) is 92.2 Å². The van der Waals surface area contributed by atoms with Crippen molar-refractivity contribution in [2.24, 2.45) is 5.41 Å². The summed E-state index contributed by atoms with van der Waals surface area (Å²) in [5, 5.41) is 4.87. The number of aromatic nitrogens is 1. The minimum atomic E-state index is -0.610. The lowest BCUT2D eigenvalue weighted by atomic mass is 9.49. The summed E-state index contributed by atoms with van der Waals surface area (Å²) in [6.07, 6.45) is 2.89. The molecule has 0 radical (unpaired) electrons. The highest BCUT2D eigenvalue weighted by Gasteiger charge is 2.58. The fourth-order valence-electron chi connectivity index (χ4n) is 7.98. The average Bonchev–Trinajstić information content (AvgIpc) is 3.30. The van der Waals surface area contributed by atoms with Gasteiger partial charge in [0.25, 0.3) is 0 Å². The molecular formula is C36H42N2O3. The molecule has 0 bridgehead atoms. The number of hydrogen-bond acceptors (Lipinski definition) is 4. The molecule has 214 valence electrons. The van der Waals surface area contributed by atoms with Crippen LogP contribution in [0.25, 0.3) is 22.2 Å². The Balaban J connectivity index is 1.56. The van der Waals surface area contributed by atoms with Crippen molar-refractivity contribution in [1.29, 1.82) is 0 Å². The maximum Gasteiger partial charge on any atom is 0.312 e. The van der Waals surface area contributed by atoms with Crippen LogP contribution >= 0.6 is 0 Å². The second-order valence-electron chi connectivity index (χ2n) is 12.7. The zero-order valence-corrected chi connectivity index (χ0v) is 25.2. The van der Waals surface area contributed by atoms with E-state index < -0.39 is 5.41 Å². The third-order valence-corrected chi connectivity index (χ3v) is 9.95. The molecule has 1 N–H and O–H groups in total. The van der Waals surface area contributed by atoms with Gasteiger partial charge in [-0.3, -0.25) is 4.79 Å². The van der Waals surface area contributed by atoms with Crippen molar-refractivity contribution in [1.82, 2.24) is 4.57 Å². The van der Waals surface area contributed by atoms with E-state index in [1.165, 1.54) is 38.9 Å². The van der Waals surface area contributed by atoms with Gasteiger partial charge in [-0.05, 0) is 78.8 Å². The van der Waals surface area contributed by atoms with Crippen LogP contribution in [0.3, 0.4) is 0 Å². The molecule has 2 aliphatic rings. The van der Waals surface area contributed by atoms with E-state index in [4.69, 9.17) is 9.47 Å². The minimum absolute atomic E-state index is 0.0179. The summed E-state index contributed by atoms with van der Waals surface area (Å²) >= 11 is 0. The standard InChI is InChI=1S/C36H42N2O3/c1-23(2)24-12-17-29-28(22-24)32-31(33-35(29,3)18-9-19-36(33,4)34(39)41-6)27-10-7-8-11-30(27)38(32)21-20-37-25-13-15-26(40-5)16-14-25/h7-8,10-17,22-23,33,37H,9,18-21H2,1-6H3/t33?,35-,36-/m1/s1. The number of nitrogens with zero attached hydrogens (tertiary/aromatic N) is 1. The molecule has 2 aliphatic carbocycles. The van der Waals surface area contributed by atoms with Gasteiger partial charge in [0.2, 0.25) is 0 Å². The lowest BCUT2D eigenvalue weighted by Gasteiger charge is -2.54. The maximum atomic E-state index is 13.6. The smallest absolute Gasteiger partial charge is 0.312 e. The molecule has 5 nitrogen and oxygen atoms in total. The van der Waals surface area contributed by atoms with Crippen LogP contribution in [0.4, 0.5) is 5.69 Å². The fourth-order valence-corrected chi connectivity index (χ4v) is 7.98. The molecule has 1 fully saturated rings. The van der Waals surface area contributed by atoms with Gasteiger partial charge in [-0.25, -0.2) is 0 Å². The Bertz CT molecular complexity index is 1600. The van der Waals surface area contributed by atoms with Gasteiger partial charge in [-0.2, -0.15) is 0 Å². The lowest BCUT2D eigenvalue weighted by Crippen LogP contribution is -2.50. The van der Waals surface area contributed by atoms with Crippen molar-refractivity contribution >= 4 is 22.6 Å². The van der Waals surface area contributed by atoms with E-state index in [1.54, 1.807) is 14.2 Å². The Kier molecular flexibility index (Phi) is 6.88. The Morgan fingerprint density at radius 3 is 2.49 bits per heavy atom. The van der Waals surface area contributed by atoms with Crippen LogP contribution in [0.2, 0.25) is 0 Å². The van der Waals surface area contributed by atoms with E-state index in [0.717, 1.165) is 43.8 Å². The largest absolute Gasteiger partial charge is 0.497 e. The van der Waals surface area contributed by atoms with Crippen LogP contribution in [0, 0.1) is 5.41 Å². The predicted molar refractivity (Wildman–Crippen MR) is 167 cm³/mol. The highest BCUT2D eigenvalue weighted by molar-refractivity contribution is 5.96. The molecule has 0 saturated heterocycles. The maximum absolute atomic E-state index is 13.6. The van der Waals surface area contributed by atoms with Gasteiger partial charge in [-0.1, -0.05) is 57.5 Å². The number of anilines is 1. The second-order valence-corrected chi connectivity index (χ2v) is 12.7. The molecule has 5 heteroatoms. The first kappa shape index (κ1) is 27.4. The average molecular weight is 551 g/mol. The SMILES string of the molecule is COC(=O)[C@]1(C)CCC[C@]2(C)c3ccc(C(C)C)cc3-c3c(c4ccccc4n3CCNc3ccc(OC)cc3)C12. The molecular weight excluding hydrogens is 508 g/mol. The third kappa shape index (κ3) is 4.24. The van der Waals surface area contributed by atoms with Crippen LogP contribution in [-0.4, -0.2) is 31.3 Å². The molecule has 3 aromatic carbocycles. The summed E-state index contributed by atoms with van der Waals surface area (Å²) in [7, 11) is 3.23. The highest BCUT2D eigenvalue weighted by atomic mass is 16.5. The summed E-state index contributed by atoms with van der Waals surface area (Å²) in [4.78, 5) is 13.6. The van der Waals surface area contributed by atoms with Gasteiger partial charge in [0.05, 0.1) is 25.3 Å². The molecule has 6 rings (SSSR count). The van der Waals surface area contributed by atoms with Gasteiger partial charge in [0, 0.05) is 46.6 Å². The van der Waals surface area contributed by atoms with E-state index in [0.29, 0.717) is 5.92 Å². The predicted octanol–water partition coefficient (Wildman–Crippen LogP) is 8.27. The molecule has 41 heavy (non-hydrogen) atoms. The zero-order chi connectivity index (χ0) is 28.9. The van der Waals surface area contributed by atoms with Crippen LogP contribution in [0.1, 0.15) is 75.5 Å². The number of carbonyl (C=O) groups is 1. The van der Waals surface area contributed by atoms with Crippen LogP contribution in [0.15, 0.2) is 66.7 Å². The van der Waals surface area contributed by atoms with Crippen molar-refractivity contribution < 1.29 is 14.3 Å². The first-order valence-corrected chi connectivity index (χ1v) is 14.9. The van der Waals surface area contributed by atoms with E-state index in [-0.39, 0.29) is 17.3 Å². The second kappa shape index (κ2) is 10.3. The zero-order valence-electron chi connectivity index (χ0n) is 25.2. The minimum Gasteiger partial charge on any atom is -0.497 e. The number of ether oxygens (including phenoxy) is 2. The van der Waals surface area contributed by atoms with Crippen LogP contribution < -0.4 is 10.1 Å². The first-order chi connectivity index (χ1) is 19.7. The number of nitrogens with one attached hydrogen (secondary N) is 1. The van der Waals surface area contributed by atoms with E-state index in [1.807, 2.05) is 12.1 Å². The number of fused-ring (bicyclic) bond motifs is 8. The molecule has 1 unspecified atom stereocenters. The molecule has 0 spiro atoms. The molecule has 4 aromatic rings. The van der Waals surface area contributed by atoms with Gasteiger partial charge in [-0.15, -0.1) is 0 Å². The van der Waals surface area contributed by atoms with Gasteiger partial charge >= 0.3 is 5.97 Å². The molecule has 1 heterocycles. The normalized spacial score (nSPS) is 23.0. The lowest BCUT2D eigenvalue weighted by molar-refractivity contribution is -0.157. The van der Waals surface area contributed by atoms with Gasteiger partial charge in [0.15, 0.2) is 0 Å². The summed E-state index contributed by atoms with van der Waals surface area (Å²) in [6, 6.07) is 23.9. The third-order valence-electron chi connectivity index (χ3n) is 9.95. The molecule has 3 atom stereocenters. The highest BCUT2D eigenvalue weighted by Crippen LogP contribution is 2.65. The quantitative estimate of drug-likeness (QED) is 0.235. The summed E-state index contributed by atoms with van der Waals surface area (Å²) in [6.45, 7) is 10.6. The number of esters is 1. The Hall–Kier alpha value is -3.73. The van der Waals surface area contributed by atoms with Gasteiger partial charge < -0.3 is 19.4 Å².